The molecule has 0 spiro atoms. The Bertz CT molecular complexity index is 397. The fourth-order valence-electron chi connectivity index (χ4n) is 1.78. The van der Waals surface area contributed by atoms with Crippen molar-refractivity contribution in [1.82, 2.24) is 0 Å². The molecule has 0 radical (unpaired) electrons. The third-order valence-electron chi connectivity index (χ3n) is 3.50. The number of nitrogens with two attached hydrogens (primary N) is 1. The van der Waals surface area contributed by atoms with Gasteiger partial charge in [0.2, 0.25) is 0 Å². The molecule has 1 aromatic rings. The predicted molar refractivity (Wildman–Crippen MR) is 70.7 cm³/mol. The lowest BCUT2D eigenvalue weighted by molar-refractivity contribution is 0.322. The summed E-state index contributed by atoms with van der Waals surface area (Å²) in [6.07, 6.45) is 0. The number of ether oxygens (including phenoxy) is 2. The quantitative estimate of drug-likeness (QED) is 0.875. The third kappa shape index (κ3) is 2.55. The average Bonchev–Trinajstić information content (AvgIpc) is 2.27. The topological polar surface area (TPSA) is 44.5 Å². The Kier molecular flexibility index (Phi) is 4.04. The highest BCUT2D eigenvalue weighted by Gasteiger charge is 2.29. The van der Waals surface area contributed by atoms with Crippen LogP contribution in [0.3, 0.4) is 0 Å². The molecule has 17 heavy (non-hydrogen) atoms. The molecule has 0 fully saturated rings. The summed E-state index contributed by atoms with van der Waals surface area (Å²) >= 11 is 0. The molecule has 0 aliphatic rings. The Morgan fingerprint density at radius 2 is 1.65 bits per heavy atom. The second kappa shape index (κ2) is 4.96. The maximum atomic E-state index is 6.40. The summed E-state index contributed by atoms with van der Waals surface area (Å²) in [6, 6.07) is 3.95. The van der Waals surface area contributed by atoms with Gasteiger partial charge in [-0.1, -0.05) is 13.8 Å². The van der Waals surface area contributed by atoms with Crippen LogP contribution in [0.25, 0.3) is 0 Å². The van der Waals surface area contributed by atoms with E-state index in [-0.39, 0.29) is 0 Å². The average molecular weight is 237 g/mol. The van der Waals surface area contributed by atoms with Crippen molar-refractivity contribution in [3.8, 4) is 11.5 Å². The molecule has 2 N–H and O–H groups in total. The maximum absolute atomic E-state index is 6.40. The first-order valence-corrected chi connectivity index (χ1v) is 5.86. The van der Waals surface area contributed by atoms with E-state index in [0.717, 1.165) is 22.6 Å². The van der Waals surface area contributed by atoms with Gasteiger partial charge in [-0.05, 0) is 37.5 Å². The van der Waals surface area contributed by atoms with Crippen LogP contribution < -0.4 is 15.2 Å². The molecule has 1 unspecified atom stereocenters. The molecule has 0 aromatic heterocycles. The minimum absolute atomic E-state index is 0.309. The molecule has 0 aliphatic carbocycles. The van der Waals surface area contributed by atoms with E-state index in [1.54, 1.807) is 14.2 Å². The van der Waals surface area contributed by atoms with Crippen LogP contribution in [0.4, 0.5) is 0 Å². The summed E-state index contributed by atoms with van der Waals surface area (Å²) < 4.78 is 10.8. The molecule has 1 rings (SSSR count). The van der Waals surface area contributed by atoms with Gasteiger partial charge in [-0.3, -0.25) is 0 Å². The molecule has 0 heterocycles. The predicted octanol–water partition coefficient (Wildman–Crippen LogP) is 2.84. The second-order valence-electron chi connectivity index (χ2n) is 4.96. The first-order chi connectivity index (χ1) is 7.84. The molecule has 0 aliphatic heterocycles. The number of hydrogen-bond acceptors (Lipinski definition) is 3. The van der Waals surface area contributed by atoms with E-state index in [9.17, 15) is 0 Å². The number of hydrogen-bond donors (Lipinski definition) is 1. The molecular weight excluding hydrogens is 214 g/mol. The molecule has 1 atom stereocenters. The van der Waals surface area contributed by atoms with Gasteiger partial charge in [-0.25, -0.2) is 0 Å². The Morgan fingerprint density at radius 1 is 1.12 bits per heavy atom. The summed E-state index contributed by atoms with van der Waals surface area (Å²) in [4.78, 5) is 0. The summed E-state index contributed by atoms with van der Waals surface area (Å²) in [6.45, 7) is 8.22. The monoisotopic (exact) mass is 237 g/mol. The fraction of sp³-hybridized carbons (Fsp3) is 0.571. The summed E-state index contributed by atoms with van der Waals surface area (Å²) in [7, 11) is 3.34. The fourth-order valence-corrected chi connectivity index (χ4v) is 1.78. The highest BCUT2D eigenvalue weighted by molar-refractivity contribution is 5.49. The van der Waals surface area contributed by atoms with Crippen LogP contribution in [0.2, 0.25) is 0 Å². The lowest BCUT2D eigenvalue weighted by Crippen LogP contribution is -2.39. The molecule has 0 amide bonds. The third-order valence-corrected chi connectivity index (χ3v) is 3.50. The van der Waals surface area contributed by atoms with Gasteiger partial charge in [0, 0.05) is 11.1 Å². The second-order valence-corrected chi connectivity index (χ2v) is 4.96. The molecule has 3 nitrogen and oxygen atoms in total. The van der Waals surface area contributed by atoms with Crippen molar-refractivity contribution in [2.75, 3.05) is 14.2 Å². The number of aryl methyl sites for hydroxylation is 1. The largest absolute Gasteiger partial charge is 0.496 e. The lowest BCUT2D eigenvalue weighted by atomic mass is 9.81. The lowest BCUT2D eigenvalue weighted by Gasteiger charge is -2.31. The van der Waals surface area contributed by atoms with Crippen LogP contribution in [0.15, 0.2) is 12.1 Å². The molecule has 0 saturated carbocycles. The summed E-state index contributed by atoms with van der Waals surface area (Å²) in [5.41, 5.74) is 7.99. The van der Waals surface area contributed by atoms with E-state index >= 15 is 0 Å². The van der Waals surface area contributed by atoms with Crippen LogP contribution in [-0.4, -0.2) is 14.2 Å². The first kappa shape index (κ1) is 13.8. The van der Waals surface area contributed by atoms with Gasteiger partial charge in [0.05, 0.1) is 14.2 Å². The van der Waals surface area contributed by atoms with E-state index in [1.807, 2.05) is 26.0 Å². The van der Waals surface area contributed by atoms with E-state index < -0.39 is 5.54 Å². The van der Waals surface area contributed by atoms with Gasteiger partial charge in [-0.2, -0.15) is 0 Å². The zero-order valence-corrected chi connectivity index (χ0v) is 11.6. The minimum Gasteiger partial charge on any atom is -0.496 e. The minimum atomic E-state index is -0.438. The van der Waals surface area contributed by atoms with Crippen molar-refractivity contribution < 1.29 is 9.47 Å². The molecule has 96 valence electrons. The number of benzene rings is 1. The molecule has 1 aromatic carbocycles. The van der Waals surface area contributed by atoms with E-state index in [0.29, 0.717) is 5.92 Å². The summed E-state index contributed by atoms with van der Waals surface area (Å²) in [5.74, 6) is 1.98. The highest BCUT2D eigenvalue weighted by Crippen LogP contribution is 2.37. The van der Waals surface area contributed by atoms with E-state index in [2.05, 4.69) is 13.8 Å². The van der Waals surface area contributed by atoms with Crippen LogP contribution in [0.1, 0.15) is 31.9 Å². The molecule has 3 heteroatoms. The van der Waals surface area contributed by atoms with Gasteiger partial charge in [-0.15, -0.1) is 0 Å². The van der Waals surface area contributed by atoms with Crippen LogP contribution in [0.5, 0.6) is 11.5 Å². The Morgan fingerprint density at radius 3 is 2.06 bits per heavy atom. The van der Waals surface area contributed by atoms with Gasteiger partial charge < -0.3 is 15.2 Å². The standard InChI is InChI=1S/C14H23NO2/c1-9(2)14(4,15)11-8-12(16-5)10(3)7-13(11)17-6/h7-9H,15H2,1-6H3. The van der Waals surface area contributed by atoms with Crippen LogP contribution in [0, 0.1) is 12.8 Å². The zero-order chi connectivity index (χ0) is 13.2. The number of rotatable bonds is 4. The van der Waals surface area contributed by atoms with Crippen molar-refractivity contribution in [2.45, 2.75) is 33.2 Å². The Hall–Kier alpha value is -1.22. The molecule has 0 saturated heterocycles. The van der Waals surface area contributed by atoms with Crippen molar-refractivity contribution in [1.29, 1.82) is 0 Å². The Balaban J connectivity index is 3.40. The van der Waals surface area contributed by atoms with Gasteiger partial charge in [0.1, 0.15) is 11.5 Å². The zero-order valence-electron chi connectivity index (χ0n) is 11.6. The van der Waals surface area contributed by atoms with Crippen molar-refractivity contribution in [3.05, 3.63) is 23.3 Å². The summed E-state index contributed by atoms with van der Waals surface area (Å²) in [5, 5.41) is 0. The van der Waals surface area contributed by atoms with E-state index in [1.165, 1.54) is 0 Å². The van der Waals surface area contributed by atoms with E-state index in [4.69, 9.17) is 15.2 Å². The van der Waals surface area contributed by atoms with Crippen molar-refractivity contribution in [2.24, 2.45) is 11.7 Å². The van der Waals surface area contributed by atoms with Crippen molar-refractivity contribution >= 4 is 0 Å². The number of methoxy groups -OCH3 is 2. The van der Waals surface area contributed by atoms with Gasteiger partial charge >= 0.3 is 0 Å². The van der Waals surface area contributed by atoms with Gasteiger partial charge in [0.15, 0.2) is 0 Å². The maximum Gasteiger partial charge on any atom is 0.124 e. The van der Waals surface area contributed by atoms with Crippen LogP contribution >= 0.6 is 0 Å². The Labute approximate surface area is 104 Å². The molecule has 0 bridgehead atoms. The van der Waals surface area contributed by atoms with Crippen molar-refractivity contribution in [3.63, 3.8) is 0 Å². The first-order valence-electron chi connectivity index (χ1n) is 5.86. The SMILES string of the molecule is COc1cc(C(C)(N)C(C)C)c(OC)cc1C. The van der Waals surface area contributed by atoms with Gasteiger partial charge in [0.25, 0.3) is 0 Å². The van der Waals surface area contributed by atoms with Crippen LogP contribution in [-0.2, 0) is 5.54 Å². The molecular formula is C14H23NO2. The normalized spacial score (nSPS) is 14.6. The smallest absolute Gasteiger partial charge is 0.124 e. The highest BCUT2D eigenvalue weighted by atomic mass is 16.5.